The Kier molecular flexibility index (Phi) is 2.00. The Morgan fingerprint density at radius 3 is 3.00 bits per heavy atom. The third-order valence-corrected chi connectivity index (χ3v) is 1.69. The molecular weight excluding hydrogens is 168 g/mol. The van der Waals surface area contributed by atoms with Gasteiger partial charge in [0.25, 0.3) is 0 Å². The summed E-state index contributed by atoms with van der Waals surface area (Å²) < 4.78 is 9.91. The molecule has 0 spiro atoms. The highest BCUT2D eigenvalue weighted by molar-refractivity contribution is 5.76. The molecule has 0 atom stereocenters. The zero-order valence-corrected chi connectivity index (χ0v) is 6.90. The lowest BCUT2D eigenvalue weighted by atomic mass is 10.2. The van der Waals surface area contributed by atoms with Crippen molar-refractivity contribution in [1.82, 2.24) is 0 Å². The van der Waals surface area contributed by atoms with Gasteiger partial charge in [0.05, 0.1) is 6.26 Å². The van der Waals surface area contributed by atoms with Crippen LogP contribution in [0.3, 0.4) is 0 Å². The molecule has 2 rings (SSSR count). The second-order valence-electron chi connectivity index (χ2n) is 2.63. The van der Waals surface area contributed by atoms with E-state index in [2.05, 4.69) is 0 Å². The minimum Gasteiger partial charge on any atom is -0.489 e. The third kappa shape index (κ3) is 1.69. The first kappa shape index (κ1) is 7.86. The van der Waals surface area contributed by atoms with Gasteiger partial charge in [-0.05, 0) is 12.1 Å². The number of ether oxygens (including phenoxy) is 2. The van der Waals surface area contributed by atoms with Gasteiger partial charge in [0.1, 0.15) is 5.75 Å². The van der Waals surface area contributed by atoms with Crippen LogP contribution in [-0.4, -0.2) is 12.6 Å². The van der Waals surface area contributed by atoms with E-state index >= 15 is 0 Å². The van der Waals surface area contributed by atoms with Crippen LogP contribution in [0, 0.1) is 0 Å². The lowest BCUT2D eigenvalue weighted by molar-refractivity contribution is -0.137. The van der Waals surface area contributed by atoms with Gasteiger partial charge < -0.3 is 9.47 Å². The molecule has 1 heterocycles. The number of fused-ring (bicyclic) bond motifs is 1. The Balaban J connectivity index is 2.41. The van der Waals surface area contributed by atoms with Crippen molar-refractivity contribution in [2.24, 2.45) is 0 Å². The standard InChI is InChI=1S/C10H8O3/c11-10-7-12-6-5-8-3-1-2-4-9(8)13-10/h1-6H,7H2. The average molecular weight is 176 g/mol. The molecular formula is C10H8O3. The number of carbonyl (C=O) groups excluding carboxylic acids is 1. The summed E-state index contributed by atoms with van der Waals surface area (Å²) in [5.41, 5.74) is 0.843. The van der Waals surface area contributed by atoms with Crippen molar-refractivity contribution in [3.05, 3.63) is 36.1 Å². The number of benzene rings is 1. The Hall–Kier alpha value is -1.77. The van der Waals surface area contributed by atoms with Crippen molar-refractivity contribution < 1.29 is 14.3 Å². The Labute approximate surface area is 75.6 Å². The van der Waals surface area contributed by atoms with E-state index in [4.69, 9.17) is 9.47 Å². The fourth-order valence-electron chi connectivity index (χ4n) is 1.10. The van der Waals surface area contributed by atoms with E-state index in [-0.39, 0.29) is 12.6 Å². The van der Waals surface area contributed by atoms with Crippen molar-refractivity contribution in [1.29, 1.82) is 0 Å². The second-order valence-corrected chi connectivity index (χ2v) is 2.63. The predicted octanol–water partition coefficient (Wildman–Crippen LogP) is 1.59. The minimum atomic E-state index is -0.378. The van der Waals surface area contributed by atoms with E-state index in [1.807, 2.05) is 18.2 Å². The van der Waals surface area contributed by atoms with Crippen LogP contribution in [0.25, 0.3) is 6.08 Å². The van der Waals surface area contributed by atoms with E-state index < -0.39 is 0 Å². The molecule has 0 unspecified atom stereocenters. The predicted molar refractivity (Wildman–Crippen MR) is 47.1 cm³/mol. The van der Waals surface area contributed by atoms with Gasteiger partial charge in [0.2, 0.25) is 0 Å². The van der Waals surface area contributed by atoms with Crippen molar-refractivity contribution in [3.63, 3.8) is 0 Å². The zero-order valence-electron chi connectivity index (χ0n) is 6.90. The molecule has 1 aliphatic heterocycles. The molecule has 13 heavy (non-hydrogen) atoms. The maximum absolute atomic E-state index is 11.0. The summed E-state index contributed by atoms with van der Waals surface area (Å²) in [5, 5.41) is 0. The van der Waals surface area contributed by atoms with Crippen LogP contribution in [0.4, 0.5) is 0 Å². The highest BCUT2D eigenvalue weighted by Gasteiger charge is 2.09. The van der Waals surface area contributed by atoms with Gasteiger partial charge in [-0.1, -0.05) is 18.2 Å². The molecule has 0 bridgehead atoms. The summed E-state index contributed by atoms with van der Waals surface area (Å²) in [6.45, 7) is -0.0369. The molecule has 1 aromatic carbocycles. The van der Waals surface area contributed by atoms with Crippen LogP contribution in [0.1, 0.15) is 5.56 Å². The number of para-hydroxylation sites is 1. The molecule has 66 valence electrons. The number of rotatable bonds is 0. The van der Waals surface area contributed by atoms with Crippen LogP contribution < -0.4 is 4.74 Å². The van der Waals surface area contributed by atoms with E-state index in [1.165, 1.54) is 6.26 Å². The Bertz CT molecular complexity index is 355. The molecule has 0 radical (unpaired) electrons. The monoisotopic (exact) mass is 176 g/mol. The van der Waals surface area contributed by atoms with Gasteiger partial charge in [0, 0.05) is 5.56 Å². The van der Waals surface area contributed by atoms with Crippen molar-refractivity contribution in [2.45, 2.75) is 0 Å². The molecule has 0 saturated heterocycles. The maximum atomic E-state index is 11.0. The summed E-state index contributed by atoms with van der Waals surface area (Å²) in [4.78, 5) is 11.0. The molecule has 0 fully saturated rings. The van der Waals surface area contributed by atoms with Crippen LogP contribution in [0.5, 0.6) is 5.75 Å². The third-order valence-electron chi connectivity index (χ3n) is 1.69. The van der Waals surface area contributed by atoms with Gasteiger partial charge in [-0.15, -0.1) is 0 Å². The van der Waals surface area contributed by atoms with Gasteiger partial charge in [0.15, 0.2) is 6.61 Å². The number of carbonyl (C=O) groups is 1. The molecule has 0 aromatic heterocycles. The van der Waals surface area contributed by atoms with Gasteiger partial charge in [-0.25, -0.2) is 4.79 Å². The van der Waals surface area contributed by atoms with Crippen LogP contribution in [0.15, 0.2) is 30.5 Å². The zero-order chi connectivity index (χ0) is 9.10. The summed E-state index contributed by atoms with van der Waals surface area (Å²) >= 11 is 0. The van der Waals surface area contributed by atoms with Crippen molar-refractivity contribution in [2.75, 3.05) is 6.61 Å². The normalized spacial score (nSPS) is 14.9. The number of hydrogen-bond acceptors (Lipinski definition) is 3. The van der Waals surface area contributed by atoms with Crippen LogP contribution in [-0.2, 0) is 9.53 Å². The smallest absolute Gasteiger partial charge is 0.349 e. The Morgan fingerprint density at radius 2 is 2.08 bits per heavy atom. The molecule has 1 aromatic rings. The maximum Gasteiger partial charge on any atom is 0.349 e. The molecule has 0 N–H and O–H groups in total. The quantitative estimate of drug-likeness (QED) is 0.445. The summed E-state index contributed by atoms with van der Waals surface area (Å²) in [6, 6.07) is 7.30. The fraction of sp³-hybridized carbons (Fsp3) is 0.100. The Morgan fingerprint density at radius 1 is 1.23 bits per heavy atom. The molecule has 0 amide bonds. The summed E-state index contributed by atoms with van der Waals surface area (Å²) in [5.74, 6) is 0.198. The topological polar surface area (TPSA) is 35.5 Å². The van der Waals surface area contributed by atoms with Crippen LogP contribution >= 0.6 is 0 Å². The molecule has 0 aliphatic carbocycles. The lowest BCUT2D eigenvalue weighted by Crippen LogP contribution is -2.15. The highest BCUT2D eigenvalue weighted by atomic mass is 16.6. The average Bonchev–Trinajstić information content (AvgIpc) is 2.11. The van der Waals surface area contributed by atoms with Gasteiger partial charge >= 0.3 is 5.97 Å². The number of esters is 1. The first-order valence-electron chi connectivity index (χ1n) is 3.94. The van der Waals surface area contributed by atoms with Gasteiger partial charge in [-0.3, -0.25) is 0 Å². The lowest BCUT2D eigenvalue weighted by Gasteiger charge is -2.09. The largest absolute Gasteiger partial charge is 0.489 e. The second kappa shape index (κ2) is 3.31. The van der Waals surface area contributed by atoms with Crippen molar-refractivity contribution >= 4 is 12.0 Å². The summed E-state index contributed by atoms with van der Waals surface area (Å²) in [6.07, 6.45) is 3.26. The van der Waals surface area contributed by atoms with E-state index in [0.717, 1.165) is 5.56 Å². The minimum absolute atomic E-state index is 0.0369. The number of hydrogen-bond donors (Lipinski definition) is 0. The van der Waals surface area contributed by atoms with Crippen LogP contribution in [0.2, 0.25) is 0 Å². The van der Waals surface area contributed by atoms with E-state index in [0.29, 0.717) is 5.75 Å². The first-order valence-corrected chi connectivity index (χ1v) is 3.94. The summed E-state index contributed by atoms with van der Waals surface area (Å²) in [7, 11) is 0. The first-order chi connectivity index (χ1) is 6.36. The SMILES string of the molecule is O=C1COC=Cc2ccccc2O1. The molecule has 0 saturated carbocycles. The van der Waals surface area contributed by atoms with E-state index in [9.17, 15) is 4.79 Å². The van der Waals surface area contributed by atoms with E-state index in [1.54, 1.807) is 12.1 Å². The van der Waals surface area contributed by atoms with Gasteiger partial charge in [-0.2, -0.15) is 0 Å². The highest BCUT2D eigenvalue weighted by Crippen LogP contribution is 2.20. The fourth-order valence-corrected chi connectivity index (χ4v) is 1.10. The molecule has 3 nitrogen and oxygen atoms in total. The van der Waals surface area contributed by atoms with Crippen molar-refractivity contribution in [3.8, 4) is 5.75 Å². The molecule has 3 heteroatoms. The molecule has 1 aliphatic rings.